The molecule has 2 aromatic carbocycles. The maximum atomic E-state index is 14.6. The summed E-state index contributed by atoms with van der Waals surface area (Å²) in [5.74, 6) is 0.597. The third kappa shape index (κ3) is 3.04. The van der Waals surface area contributed by atoms with Gasteiger partial charge in [-0.25, -0.2) is 4.39 Å². The zero-order chi connectivity index (χ0) is 18.1. The number of para-hydroxylation sites is 1. The molecule has 5 heteroatoms. The van der Waals surface area contributed by atoms with Crippen LogP contribution in [0.5, 0.6) is 11.5 Å². The second-order valence-corrected chi connectivity index (χ2v) is 6.35. The van der Waals surface area contributed by atoms with Gasteiger partial charge in [0.05, 0.1) is 23.0 Å². The lowest BCUT2D eigenvalue weighted by Crippen LogP contribution is -2.01. The highest BCUT2D eigenvalue weighted by molar-refractivity contribution is 5.79. The molecule has 0 radical (unpaired) electrons. The van der Waals surface area contributed by atoms with Gasteiger partial charge in [-0.15, -0.1) is 0 Å². The molecule has 0 fully saturated rings. The Balaban J connectivity index is 1.75. The predicted molar refractivity (Wildman–Crippen MR) is 99.8 cm³/mol. The van der Waals surface area contributed by atoms with Gasteiger partial charge in [-0.1, -0.05) is 24.3 Å². The van der Waals surface area contributed by atoms with E-state index in [0.717, 1.165) is 10.9 Å². The van der Waals surface area contributed by atoms with Gasteiger partial charge in [-0.05, 0) is 44.2 Å². The van der Waals surface area contributed by atoms with Gasteiger partial charge in [0.2, 0.25) is 0 Å². The first-order chi connectivity index (χ1) is 12.6. The molecule has 0 aliphatic heterocycles. The maximum absolute atomic E-state index is 14.6. The van der Waals surface area contributed by atoms with E-state index in [0.29, 0.717) is 22.8 Å². The number of fused-ring (bicyclic) bond motifs is 1. The molecule has 0 bridgehead atoms. The van der Waals surface area contributed by atoms with Gasteiger partial charge >= 0.3 is 0 Å². The summed E-state index contributed by atoms with van der Waals surface area (Å²) in [7, 11) is 0. The maximum Gasteiger partial charge on any atom is 0.146 e. The zero-order valence-corrected chi connectivity index (χ0v) is 14.6. The van der Waals surface area contributed by atoms with Crippen molar-refractivity contribution in [2.45, 2.75) is 19.9 Å². The second-order valence-electron chi connectivity index (χ2n) is 6.35. The SMILES string of the molecule is CC(C)n1ccc(-c2c(F)cccc2Oc2cnc3ccccc3c2)n1. The molecule has 0 N–H and O–H groups in total. The van der Waals surface area contributed by atoms with E-state index in [-0.39, 0.29) is 11.9 Å². The highest BCUT2D eigenvalue weighted by Crippen LogP contribution is 2.35. The van der Waals surface area contributed by atoms with E-state index in [4.69, 9.17) is 4.74 Å². The minimum atomic E-state index is -0.370. The fourth-order valence-electron chi connectivity index (χ4n) is 2.83. The Kier molecular flexibility index (Phi) is 4.13. The Morgan fingerprint density at radius 3 is 2.69 bits per heavy atom. The molecule has 2 heterocycles. The van der Waals surface area contributed by atoms with E-state index >= 15 is 0 Å². The smallest absolute Gasteiger partial charge is 0.146 e. The minimum Gasteiger partial charge on any atom is -0.455 e. The van der Waals surface area contributed by atoms with E-state index in [1.54, 1.807) is 29.1 Å². The largest absolute Gasteiger partial charge is 0.455 e. The Morgan fingerprint density at radius 1 is 1.04 bits per heavy atom. The summed E-state index contributed by atoms with van der Waals surface area (Å²) in [4.78, 5) is 4.39. The van der Waals surface area contributed by atoms with Crippen LogP contribution in [-0.2, 0) is 0 Å². The van der Waals surface area contributed by atoms with Crippen LogP contribution < -0.4 is 4.74 Å². The minimum absolute atomic E-state index is 0.199. The van der Waals surface area contributed by atoms with Crippen molar-refractivity contribution >= 4 is 10.9 Å². The van der Waals surface area contributed by atoms with Crippen LogP contribution >= 0.6 is 0 Å². The molecule has 0 saturated carbocycles. The summed E-state index contributed by atoms with van der Waals surface area (Å²) in [6.07, 6.45) is 3.48. The van der Waals surface area contributed by atoms with Crippen LogP contribution in [0.3, 0.4) is 0 Å². The molecule has 0 aliphatic carbocycles. The molecule has 0 amide bonds. The number of pyridine rings is 1. The van der Waals surface area contributed by atoms with Gasteiger partial charge < -0.3 is 4.74 Å². The standard InChI is InChI=1S/C21H18FN3O/c1-14(2)25-11-10-19(24-25)21-17(22)7-5-9-20(21)26-16-12-15-6-3-4-8-18(15)23-13-16/h3-14H,1-2H3. The number of halogens is 1. The number of rotatable bonds is 4. The first-order valence-corrected chi connectivity index (χ1v) is 8.48. The lowest BCUT2D eigenvalue weighted by Gasteiger charge is -2.11. The van der Waals surface area contributed by atoms with Crippen molar-refractivity contribution < 1.29 is 9.13 Å². The summed E-state index contributed by atoms with van der Waals surface area (Å²) in [6.45, 7) is 4.05. The topological polar surface area (TPSA) is 39.9 Å². The van der Waals surface area contributed by atoms with E-state index in [1.165, 1.54) is 6.07 Å². The Labute approximate surface area is 150 Å². The number of benzene rings is 2. The quantitative estimate of drug-likeness (QED) is 0.482. The fraction of sp³-hybridized carbons (Fsp3) is 0.143. The Morgan fingerprint density at radius 2 is 1.88 bits per heavy atom. The molecule has 4 rings (SSSR count). The number of nitrogens with zero attached hydrogens (tertiary/aromatic N) is 3. The molecule has 0 spiro atoms. The first kappa shape index (κ1) is 16.3. The van der Waals surface area contributed by atoms with E-state index < -0.39 is 0 Å². The summed E-state index contributed by atoms with van der Waals surface area (Å²) in [5.41, 5.74) is 1.77. The molecule has 0 atom stereocenters. The van der Waals surface area contributed by atoms with Crippen LogP contribution in [0.2, 0.25) is 0 Å². The molecule has 0 aliphatic rings. The van der Waals surface area contributed by atoms with Crippen LogP contribution in [0.1, 0.15) is 19.9 Å². The zero-order valence-electron chi connectivity index (χ0n) is 14.6. The first-order valence-electron chi connectivity index (χ1n) is 8.48. The van der Waals surface area contributed by atoms with Gasteiger partial charge in [0, 0.05) is 17.6 Å². The lowest BCUT2D eigenvalue weighted by molar-refractivity contribution is 0.477. The highest BCUT2D eigenvalue weighted by Gasteiger charge is 2.16. The van der Waals surface area contributed by atoms with Gasteiger partial charge in [0.1, 0.15) is 17.3 Å². The molecule has 4 aromatic rings. The van der Waals surface area contributed by atoms with E-state index in [9.17, 15) is 4.39 Å². The lowest BCUT2D eigenvalue weighted by atomic mass is 10.1. The summed E-state index contributed by atoms with van der Waals surface area (Å²) in [6, 6.07) is 16.4. The molecule has 130 valence electrons. The van der Waals surface area contributed by atoms with Gasteiger partial charge in [-0.3, -0.25) is 9.67 Å². The van der Waals surface area contributed by atoms with Crippen LogP contribution in [0, 0.1) is 5.82 Å². The van der Waals surface area contributed by atoms with Crippen molar-refractivity contribution in [2.75, 3.05) is 0 Å². The fourth-order valence-corrected chi connectivity index (χ4v) is 2.83. The van der Waals surface area contributed by atoms with Gasteiger partial charge in [-0.2, -0.15) is 5.10 Å². The van der Waals surface area contributed by atoms with Gasteiger partial charge in [0.15, 0.2) is 0 Å². The Bertz CT molecular complexity index is 1070. The average molecular weight is 347 g/mol. The van der Waals surface area contributed by atoms with Crippen molar-refractivity contribution in [1.29, 1.82) is 0 Å². The number of hydrogen-bond acceptors (Lipinski definition) is 3. The number of ether oxygens (including phenoxy) is 1. The Hall–Kier alpha value is -3.21. The van der Waals surface area contributed by atoms with Crippen LogP contribution in [0.25, 0.3) is 22.2 Å². The van der Waals surface area contributed by atoms with Crippen molar-refractivity contribution in [2.24, 2.45) is 0 Å². The van der Waals surface area contributed by atoms with E-state index in [2.05, 4.69) is 10.1 Å². The number of aromatic nitrogens is 3. The van der Waals surface area contributed by atoms with E-state index in [1.807, 2.05) is 50.4 Å². The van der Waals surface area contributed by atoms with Crippen molar-refractivity contribution in [3.8, 4) is 22.8 Å². The molecule has 4 nitrogen and oxygen atoms in total. The van der Waals surface area contributed by atoms with Crippen LogP contribution in [-0.4, -0.2) is 14.8 Å². The summed E-state index contributed by atoms with van der Waals surface area (Å²) in [5, 5.41) is 5.44. The molecular formula is C21H18FN3O. The van der Waals surface area contributed by atoms with Gasteiger partial charge in [0.25, 0.3) is 0 Å². The molecule has 2 aromatic heterocycles. The summed E-state index contributed by atoms with van der Waals surface area (Å²) >= 11 is 0. The average Bonchev–Trinajstić information content (AvgIpc) is 3.12. The third-order valence-electron chi connectivity index (χ3n) is 4.16. The monoisotopic (exact) mass is 347 g/mol. The van der Waals surface area contributed by atoms with Crippen LogP contribution in [0.4, 0.5) is 4.39 Å². The van der Waals surface area contributed by atoms with Crippen molar-refractivity contribution in [3.63, 3.8) is 0 Å². The molecular weight excluding hydrogens is 329 g/mol. The van der Waals surface area contributed by atoms with Crippen molar-refractivity contribution in [1.82, 2.24) is 14.8 Å². The molecule has 0 saturated heterocycles. The summed E-state index contributed by atoms with van der Waals surface area (Å²) < 4.78 is 22.3. The molecule has 0 unspecified atom stereocenters. The number of hydrogen-bond donors (Lipinski definition) is 0. The van der Waals surface area contributed by atoms with Crippen molar-refractivity contribution in [3.05, 3.63) is 72.8 Å². The van der Waals surface area contributed by atoms with Crippen LogP contribution in [0.15, 0.2) is 67.0 Å². The highest BCUT2D eigenvalue weighted by atomic mass is 19.1. The normalized spacial score (nSPS) is 11.2. The predicted octanol–water partition coefficient (Wildman–Crippen LogP) is 5.61. The third-order valence-corrected chi connectivity index (χ3v) is 4.16. The molecule has 26 heavy (non-hydrogen) atoms. The second kappa shape index (κ2) is 6.59.